The van der Waals surface area contributed by atoms with Gasteiger partial charge in [-0.1, -0.05) is 12.1 Å². The Kier molecular flexibility index (Phi) is 9.02. The molecule has 5 nitrogen and oxygen atoms in total. The topological polar surface area (TPSA) is 58.4 Å². The first-order valence-corrected chi connectivity index (χ1v) is 9.28. The maximum absolute atomic E-state index is 12.6. The lowest BCUT2D eigenvalue weighted by Gasteiger charge is -2.34. The second kappa shape index (κ2) is 10.2. The summed E-state index contributed by atoms with van der Waals surface area (Å²) >= 11 is 1.66. The molecule has 0 bridgehead atoms. The highest BCUT2D eigenvalue weighted by Crippen LogP contribution is 2.21. The molecule has 1 N–H and O–H groups in total. The van der Waals surface area contributed by atoms with E-state index in [4.69, 9.17) is 4.52 Å². The number of halogens is 1. The Hall–Kier alpha value is -0.720. The molecule has 0 unspecified atom stereocenters. The molecular weight excluding hydrogens is 334 g/mol. The van der Waals surface area contributed by atoms with Crippen molar-refractivity contribution in [3.8, 4) is 0 Å². The highest BCUT2D eigenvalue weighted by molar-refractivity contribution is 7.99. The fraction of sp³-hybridized carbons (Fsp3) is 0.750. The van der Waals surface area contributed by atoms with E-state index in [0.29, 0.717) is 11.8 Å². The molecule has 1 amide bonds. The van der Waals surface area contributed by atoms with Crippen molar-refractivity contribution in [3.63, 3.8) is 0 Å². The summed E-state index contributed by atoms with van der Waals surface area (Å²) in [6, 6.07) is 0.411. The summed E-state index contributed by atoms with van der Waals surface area (Å²) < 4.78 is 5.17. The predicted molar refractivity (Wildman–Crippen MR) is 97.3 cm³/mol. The number of hydrogen-bond acceptors (Lipinski definition) is 5. The van der Waals surface area contributed by atoms with Gasteiger partial charge in [-0.3, -0.25) is 4.79 Å². The highest BCUT2D eigenvalue weighted by atomic mass is 35.5. The first-order valence-electron chi connectivity index (χ1n) is 8.13. The van der Waals surface area contributed by atoms with Crippen LogP contribution in [0.2, 0.25) is 0 Å². The number of hydrogen-bond donors (Lipinski definition) is 1. The number of amides is 1. The van der Waals surface area contributed by atoms with Crippen molar-refractivity contribution >= 4 is 30.1 Å². The smallest absolute Gasteiger partial charge is 0.232 e. The molecule has 0 aromatic carbocycles. The minimum Gasteiger partial charge on any atom is -0.361 e. The number of carbonyl (C=O) groups is 1. The van der Waals surface area contributed by atoms with Crippen molar-refractivity contribution in [2.24, 2.45) is 0 Å². The minimum absolute atomic E-state index is 0. The minimum atomic E-state index is 0. The van der Waals surface area contributed by atoms with E-state index in [1.807, 2.05) is 13.8 Å². The Morgan fingerprint density at radius 3 is 2.65 bits per heavy atom. The maximum atomic E-state index is 12.6. The standard InChI is InChI=1S/C16H27N3O2S.ClH/c1-4-9-19(14-5-7-17-8-6-14)16(20)11-22-10-15-12(2)18-21-13(15)3;/h14,17H,4-11H2,1-3H3;1H. The lowest BCUT2D eigenvalue weighted by Crippen LogP contribution is -2.47. The summed E-state index contributed by atoms with van der Waals surface area (Å²) in [6.07, 6.45) is 3.16. The van der Waals surface area contributed by atoms with Crippen LogP contribution in [0.4, 0.5) is 0 Å². The second-order valence-corrected chi connectivity index (χ2v) is 6.85. The molecule has 0 saturated carbocycles. The molecular formula is C16H28ClN3O2S. The average molecular weight is 362 g/mol. The largest absolute Gasteiger partial charge is 0.361 e. The molecule has 1 aromatic heterocycles. The van der Waals surface area contributed by atoms with Gasteiger partial charge < -0.3 is 14.7 Å². The van der Waals surface area contributed by atoms with Crippen LogP contribution < -0.4 is 5.32 Å². The average Bonchev–Trinajstić information content (AvgIpc) is 2.85. The van der Waals surface area contributed by atoms with Gasteiger partial charge in [-0.2, -0.15) is 0 Å². The quantitative estimate of drug-likeness (QED) is 0.809. The Labute approximate surface area is 149 Å². The van der Waals surface area contributed by atoms with Gasteiger partial charge in [-0.25, -0.2) is 0 Å². The van der Waals surface area contributed by atoms with Crippen LogP contribution in [0.3, 0.4) is 0 Å². The van der Waals surface area contributed by atoms with E-state index in [9.17, 15) is 4.79 Å². The van der Waals surface area contributed by atoms with Crippen molar-refractivity contribution in [1.82, 2.24) is 15.4 Å². The number of nitrogens with zero attached hydrogens (tertiary/aromatic N) is 2. The molecule has 1 aliphatic heterocycles. The van der Waals surface area contributed by atoms with E-state index >= 15 is 0 Å². The number of piperidine rings is 1. The predicted octanol–water partition coefficient (Wildman–Crippen LogP) is 2.94. The van der Waals surface area contributed by atoms with Crippen LogP contribution in [-0.4, -0.2) is 47.4 Å². The van der Waals surface area contributed by atoms with Crippen LogP contribution in [0.15, 0.2) is 4.52 Å². The van der Waals surface area contributed by atoms with Gasteiger partial charge in [0.15, 0.2) is 0 Å². The van der Waals surface area contributed by atoms with Crippen LogP contribution in [0.1, 0.15) is 43.2 Å². The van der Waals surface area contributed by atoms with Gasteiger partial charge in [0.25, 0.3) is 0 Å². The first kappa shape index (κ1) is 20.3. The fourth-order valence-electron chi connectivity index (χ4n) is 2.90. The molecule has 0 spiro atoms. The summed E-state index contributed by atoms with van der Waals surface area (Å²) in [5, 5.41) is 7.33. The van der Waals surface area contributed by atoms with E-state index in [0.717, 1.165) is 61.7 Å². The molecule has 0 aliphatic carbocycles. The third kappa shape index (κ3) is 5.69. The molecule has 132 valence electrons. The van der Waals surface area contributed by atoms with Crippen LogP contribution in [0.5, 0.6) is 0 Å². The first-order chi connectivity index (χ1) is 10.6. The van der Waals surface area contributed by atoms with Crippen LogP contribution in [0, 0.1) is 13.8 Å². The zero-order chi connectivity index (χ0) is 15.9. The van der Waals surface area contributed by atoms with E-state index in [-0.39, 0.29) is 18.3 Å². The molecule has 23 heavy (non-hydrogen) atoms. The molecule has 7 heteroatoms. The molecule has 1 fully saturated rings. The third-order valence-electron chi connectivity index (χ3n) is 4.19. The maximum Gasteiger partial charge on any atom is 0.232 e. The van der Waals surface area contributed by atoms with Gasteiger partial charge in [-0.15, -0.1) is 24.2 Å². The van der Waals surface area contributed by atoms with Crippen molar-refractivity contribution < 1.29 is 9.32 Å². The van der Waals surface area contributed by atoms with Gasteiger partial charge in [0.2, 0.25) is 5.91 Å². The third-order valence-corrected chi connectivity index (χ3v) is 5.13. The number of carbonyl (C=O) groups excluding carboxylic acids is 1. The van der Waals surface area contributed by atoms with E-state index in [1.54, 1.807) is 11.8 Å². The van der Waals surface area contributed by atoms with Gasteiger partial charge in [0, 0.05) is 23.9 Å². The van der Waals surface area contributed by atoms with Crippen LogP contribution >= 0.6 is 24.2 Å². The van der Waals surface area contributed by atoms with E-state index < -0.39 is 0 Å². The fourth-order valence-corrected chi connectivity index (χ4v) is 3.96. The monoisotopic (exact) mass is 361 g/mol. The second-order valence-electron chi connectivity index (χ2n) is 5.86. The summed E-state index contributed by atoms with van der Waals surface area (Å²) in [5.74, 6) is 2.46. The summed E-state index contributed by atoms with van der Waals surface area (Å²) in [5.41, 5.74) is 2.06. The number of aryl methyl sites for hydroxylation is 2. The lowest BCUT2D eigenvalue weighted by atomic mass is 10.0. The SMILES string of the molecule is CCCN(C(=O)CSCc1c(C)noc1C)C1CCNCC1.Cl. The summed E-state index contributed by atoms with van der Waals surface area (Å²) in [7, 11) is 0. The zero-order valence-electron chi connectivity index (χ0n) is 14.3. The summed E-state index contributed by atoms with van der Waals surface area (Å²) in [4.78, 5) is 14.7. The molecule has 1 saturated heterocycles. The van der Waals surface area contributed by atoms with Gasteiger partial charge in [0.05, 0.1) is 11.4 Å². The molecule has 0 atom stereocenters. The van der Waals surface area contributed by atoms with E-state index in [1.165, 1.54) is 0 Å². The Balaban J connectivity index is 0.00000264. The normalized spacial score (nSPS) is 15.3. The van der Waals surface area contributed by atoms with Gasteiger partial charge in [0.1, 0.15) is 5.76 Å². The number of rotatable bonds is 7. The molecule has 1 aliphatic rings. The van der Waals surface area contributed by atoms with E-state index in [2.05, 4.69) is 22.3 Å². The van der Waals surface area contributed by atoms with Gasteiger partial charge in [-0.05, 0) is 46.2 Å². The number of aromatic nitrogens is 1. The van der Waals surface area contributed by atoms with Crippen molar-refractivity contribution in [2.45, 2.75) is 51.8 Å². The summed E-state index contributed by atoms with van der Waals surface area (Å²) in [6.45, 7) is 8.92. The lowest BCUT2D eigenvalue weighted by molar-refractivity contribution is -0.131. The molecule has 1 aromatic rings. The Bertz CT molecular complexity index is 470. The van der Waals surface area contributed by atoms with Crippen LogP contribution in [0.25, 0.3) is 0 Å². The number of thioether (sulfide) groups is 1. The highest BCUT2D eigenvalue weighted by Gasteiger charge is 2.24. The Morgan fingerprint density at radius 1 is 1.39 bits per heavy atom. The van der Waals surface area contributed by atoms with Gasteiger partial charge >= 0.3 is 0 Å². The number of nitrogens with one attached hydrogen (secondary N) is 1. The van der Waals surface area contributed by atoms with Crippen LogP contribution in [-0.2, 0) is 10.5 Å². The molecule has 2 heterocycles. The molecule has 0 radical (unpaired) electrons. The zero-order valence-corrected chi connectivity index (χ0v) is 15.9. The van der Waals surface area contributed by atoms with Crippen molar-refractivity contribution in [2.75, 3.05) is 25.4 Å². The van der Waals surface area contributed by atoms with Crippen molar-refractivity contribution in [3.05, 3.63) is 17.0 Å². The van der Waals surface area contributed by atoms with Crippen molar-refractivity contribution in [1.29, 1.82) is 0 Å². The Morgan fingerprint density at radius 2 is 2.09 bits per heavy atom. The molecule has 2 rings (SSSR count).